The number of fused-ring (bicyclic) bond motifs is 5. The minimum absolute atomic E-state index is 0.0175. The summed E-state index contributed by atoms with van der Waals surface area (Å²) in [6.07, 6.45) is 6.76. The average Bonchev–Trinajstić information content (AvgIpc) is 2.84. The lowest BCUT2D eigenvalue weighted by Crippen LogP contribution is -2.57. The van der Waals surface area contributed by atoms with Crippen LogP contribution in [0.1, 0.15) is 66.7 Å². The van der Waals surface area contributed by atoms with Gasteiger partial charge >= 0.3 is 5.97 Å². The summed E-state index contributed by atoms with van der Waals surface area (Å²) in [5.74, 6) is -0.170. The second kappa shape index (κ2) is 6.37. The molecule has 0 amide bonds. The van der Waals surface area contributed by atoms with E-state index in [0.29, 0.717) is 6.42 Å². The Bertz CT molecular complexity index is 853. The molecule has 0 aromatic rings. The largest absolute Gasteiger partial charge is 0.461 e. The standard InChI is InChI=1S/C24H32O5/c1-13-10-20-18-7-6-16-11-17(27)12-21(29-15(3)26)23(16,5)19(18)8-9-22(20,4)24(13,28)14(2)25/h8,11,13,18,20-21,28H,6-7,9-10,12H2,1-5H3/t13?,18-,20+,21?,22+,23+,24+/m1/s1. The van der Waals surface area contributed by atoms with Gasteiger partial charge in [-0.15, -0.1) is 0 Å². The Morgan fingerprint density at radius 1 is 1.24 bits per heavy atom. The number of ketones is 2. The molecule has 2 fully saturated rings. The highest BCUT2D eigenvalue weighted by Crippen LogP contribution is 2.67. The molecule has 0 aliphatic heterocycles. The highest BCUT2D eigenvalue weighted by Gasteiger charge is 2.67. The first-order valence-electron chi connectivity index (χ1n) is 10.8. The average molecular weight is 401 g/mol. The van der Waals surface area contributed by atoms with Crippen LogP contribution in [0.25, 0.3) is 0 Å². The number of rotatable bonds is 2. The second-order valence-corrected chi connectivity index (χ2v) is 10.1. The Morgan fingerprint density at radius 3 is 2.55 bits per heavy atom. The lowest BCUT2D eigenvalue weighted by molar-refractivity contribution is -0.158. The van der Waals surface area contributed by atoms with Crippen LogP contribution in [0, 0.1) is 28.6 Å². The Balaban J connectivity index is 1.81. The molecule has 0 radical (unpaired) electrons. The molecule has 29 heavy (non-hydrogen) atoms. The topological polar surface area (TPSA) is 80.7 Å². The molecule has 1 N–H and O–H groups in total. The van der Waals surface area contributed by atoms with Crippen molar-refractivity contribution in [1.82, 2.24) is 0 Å². The molecule has 4 rings (SSSR count). The van der Waals surface area contributed by atoms with Gasteiger partial charge in [-0.05, 0) is 63.4 Å². The fraction of sp³-hybridized carbons (Fsp3) is 0.708. The molecule has 0 aromatic carbocycles. The van der Waals surface area contributed by atoms with Gasteiger partial charge in [0, 0.05) is 24.2 Å². The van der Waals surface area contributed by atoms with Gasteiger partial charge in [0.1, 0.15) is 11.7 Å². The number of ether oxygens (including phenoxy) is 1. The SMILES string of the molecule is CC(=O)OC1CC(=O)C=C2CC[C@@H]3C(=CC[C@@]4(C)[C@H]3CC(C)[C@]4(O)C(C)=O)[C@]21C. The summed E-state index contributed by atoms with van der Waals surface area (Å²) in [7, 11) is 0. The first kappa shape index (κ1) is 20.5. The van der Waals surface area contributed by atoms with Crippen molar-refractivity contribution in [3.05, 3.63) is 23.3 Å². The monoisotopic (exact) mass is 400 g/mol. The molecule has 5 nitrogen and oxygen atoms in total. The minimum Gasteiger partial charge on any atom is -0.461 e. The number of allylic oxidation sites excluding steroid dienone is 2. The van der Waals surface area contributed by atoms with E-state index in [9.17, 15) is 19.5 Å². The molecule has 0 heterocycles. The maximum atomic E-state index is 12.5. The molecule has 0 bridgehead atoms. The first-order chi connectivity index (χ1) is 13.5. The Morgan fingerprint density at radius 2 is 1.93 bits per heavy atom. The molecular weight excluding hydrogens is 368 g/mol. The summed E-state index contributed by atoms with van der Waals surface area (Å²) in [6, 6.07) is 0. The van der Waals surface area contributed by atoms with Gasteiger partial charge in [0.05, 0.1) is 0 Å². The van der Waals surface area contributed by atoms with Crippen molar-refractivity contribution < 1.29 is 24.2 Å². The van der Waals surface area contributed by atoms with Crippen molar-refractivity contribution in [3.8, 4) is 0 Å². The van der Waals surface area contributed by atoms with Crippen LogP contribution >= 0.6 is 0 Å². The number of Topliss-reactive ketones (excluding diaryl/α,β-unsaturated/α-hetero) is 1. The Hall–Kier alpha value is -1.75. The number of carbonyl (C=O) groups is 3. The number of carbonyl (C=O) groups excluding carboxylic acids is 3. The van der Waals surface area contributed by atoms with Crippen molar-refractivity contribution in [2.75, 3.05) is 0 Å². The predicted octanol–water partition coefficient (Wildman–Crippen LogP) is 3.55. The van der Waals surface area contributed by atoms with Crippen molar-refractivity contribution in [2.45, 2.75) is 78.4 Å². The van der Waals surface area contributed by atoms with E-state index in [1.54, 1.807) is 6.08 Å². The molecule has 4 aliphatic carbocycles. The van der Waals surface area contributed by atoms with Crippen molar-refractivity contribution in [1.29, 1.82) is 0 Å². The fourth-order valence-corrected chi connectivity index (χ4v) is 7.34. The highest BCUT2D eigenvalue weighted by atomic mass is 16.5. The quantitative estimate of drug-likeness (QED) is 0.566. The summed E-state index contributed by atoms with van der Waals surface area (Å²) in [5, 5.41) is 11.5. The van der Waals surface area contributed by atoms with Gasteiger partial charge < -0.3 is 9.84 Å². The molecule has 2 saturated carbocycles. The van der Waals surface area contributed by atoms with Crippen LogP contribution in [-0.2, 0) is 19.1 Å². The number of aliphatic hydroxyl groups is 1. The predicted molar refractivity (Wildman–Crippen MR) is 108 cm³/mol. The molecule has 158 valence electrons. The molecule has 4 aliphatic rings. The van der Waals surface area contributed by atoms with Crippen LogP contribution in [0.2, 0.25) is 0 Å². The molecule has 5 heteroatoms. The van der Waals surface area contributed by atoms with E-state index >= 15 is 0 Å². The molecular formula is C24H32O5. The summed E-state index contributed by atoms with van der Waals surface area (Å²) < 4.78 is 5.67. The Labute approximate surface area is 172 Å². The van der Waals surface area contributed by atoms with Gasteiger partial charge in [0.25, 0.3) is 0 Å². The molecule has 0 saturated heterocycles. The van der Waals surface area contributed by atoms with Crippen molar-refractivity contribution in [3.63, 3.8) is 0 Å². The van der Waals surface area contributed by atoms with Crippen LogP contribution in [0.15, 0.2) is 23.3 Å². The summed E-state index contributed by atoms with van der Waals surface area (Å²) in [4.78, 5) is 36.6. The third kappa shape index (κ3) is 2.52. The van der Waals surface area contributed by atoms with Crippen LogP contribution in [-0.4, -0.2) is 34.3 Å². The van der Waals surface area contributed by atoms with E-state index < -0.39 is 22.5 Å². The van der Waals surface area contributed by atoms with E-state index in [4.69, 9.17) is 4.74 Å². The summed E-state index contributed by atoms with van der Waals surface area (Å²) in [5.41, 5.74) is -0.000532. The van der Waals surface area contributed by atoms with Crippen molar-refractivity contribution >= 4 is 17.5 Å². The maximum absolute atomic E-state index is 12.5. The van der Waals surface area contributed by atoms with Crippen LogP contribution < -0.4 is 0 Å². The minimum atomic E-state index is -1.31. The number of esters is 1. The van der Waals surface area contributed by atoms with Crippen LogP contribution in [0.5, 0.6) is 0 Å². The maximum Gasteiger partial charge on any atom is 0.302 e. The van der Waals surface area contributed by atoms with Gasteiger partial charge in [-0.1, -0.05) is 31.1 Å². The zero-order chi connectivity index (χ0) is 21.4. The lowest BCUT2D eigenvalue weighted by atomic mass is 9.50. The molecule has 2 unspecified atom stereocenters. The van der Waals surface area contributed by atoms with E-state index in [1.807, 2.05) is 6.92 Å². The highest BCUT2D eigenvalue weighted by molar-refractivity contribution is 5.93. The van der Waals surface area contributed by atoms with Gasteiger partial charge in [-0.25, -0.2) is 0 Å². The fourth-order valence-electron chi connectivity index (χ4n) is 7.34. The molecule has 0 spiro atoms. The van der Waals surface area contributed by atoms with Gasteiger partial charge in [-0.3, -0.25) is 14.4 Å². The van der Waals surface area contributed by atoms with E-state index in [0.717, 1.165) is 24.8 Å². The number of hydrogen-bond acceptors (Lipinski definition) is 5. The van der Waals surface area contributed by atoms with E-state index in [1.165, 1.54) is 19.4 Å². The normalized spacial score (nSPS) is 46.1. The smallest absolute Gasteiger partial charge is 0.302 e. The zero-order valence-corrected chi connectivity index (χ0v) is 18.1. The summed E-state index contributed by atoms with van der Waals surface area (Å²) in [6.45, 7) is 9.06. The van der Waals surface area contributed by atoms with Gasteiger partial charge in [-0.2, -0.15) is 0 Å². The second-order valence-electron chi connectivity index (χ2n) is 10.1. The van der Waals surface area contributed by atoms with Crippen LogP contribution in [0.4, 0.5) is 0 Å². The van der Waals surface area contributed by atoms with Crippen molar-refractivity contribution in [2.24, 2.45) is 28.6 Å². The van der Waals surface area contributed by atoms with Crippen LogP contribution in [0.3, 0.4) is 0 Å². The third-order valence-corrected chi connectivity index (χ3v) is 8.84. The van der Waals surface area contributed by atoms with Gasteiger partial charge in [0.15, 0.2) is 11.6 Å². The van der Waals surface area contributed by atoms with E-state index in [2.05, 4.69) is 19.9 Å². The Kier molecular flexibility index (Phi) is 4.51. The third-order valence-electron chi connectivity index (χ3n) is 8.84. The van der Waals surface area contributed by atoms with E-state index in [-0.39, 0.29) is 41.7 Å². The zero-order valence-electron chi connectivity index (χ0n) is 18.1. The first-order valence-corrected chi connectivity index (χ1v) is 10.8. The molecule has 0 aromatic heterocycles. The summed E-state index contributed by atoms with van der Waals surface area (Å²) >= 11 is 0. The number of hydrogen-bond donors (Lipinski definition) is 1. The van der Waals surface area contributed by atoms with Gasteiger partial charge in [0.2, 0.25) is 0 Å². The molecule has 7 atom stereocenters. The lowest BCUT2D eigenvalue weighted by Gasteiger charge is -2.56.